The summed E-state index contributed by atoms with van der Waals surface area (Å²) in [6.07, 6.45) is 4.45. The van der Waals surface area contributed by atoms with E-state index in [1.807, 2.05) is 18.2 Å². The molecule has 3 nitrogen and oxygen atoms in total. The van der Waals surface area contributed by atoms with Gasteiger partial charge in [0.05, 0.1) is 6.10 Å². The fourth-order valence-electron chi connectivity index (χ4n) is 2.68. The number of fused-ring (bicyclic) bond motifs is 1. The molecule has 0 spiro atoms. The summed E-state index contributed by atoms with van der Waals surface area (Å²) in [6.45, 7) is 2.07. The summed E-state index contributed by atoms with van der Waals surface area (Å²) < 4.78 is 2.16. The average Bonchev–Trinajstić information content (AvgIpc) is 2.68. The molecule has 2 aromatic heterocycles. The molecule has 0 radical (unpaired) electrons. The van der Waals surface area contributed by atoms with Gasteiger partial charge in [-0.3, -0.25) is 0 Å². The van der Waals surface area contributed by atoms with Crippen LogP contribution in [0.2, 0.25) is 0 Å². The highest BCUT2D eigenvalue weighted by Crippen LogP contribution is 2.33. The smallest absolute Gasteiger partial charge is 0.136 e. The van der Waals surface area contributed by atoms with Gasteiger partial charge in [0.1, 0.15) is 5.82 Å². The van der Waals surface area contributed by atoms with Crippen LogP contribution >= 0.6 is 0 Å². The fourth-order valence-corrected chi connectivity index (χ4v) is 2.68. The molecule has 3 rings (SSSR count). The monoisotopic (exact) mass is 228 g/mol. The lowest BCUT2D eigenvalue weighted by molar-refractivity contribution is 0.156. The summed E-state index contributed by atoms with van der Waals surface area (Å²) in [5.41, 5.74) is 3.45. The summed E-state index contributed by atoms with van der Waals surface area (Å²) in [5.74, 6) is 0.945. The van der Waals surface area contributed by atoms with Gasteiger partial charge in [-0.1, -0.05) is 6.07 Å². The van der Waals surface area contributed by atoms with Crippen LogP contribution in [0.1, 0.15) is 35.9 Å². The minimum atomic E-state index is -0.303. The second-order valence-electron chi connectivity index (χ2n) is 4.62. The van der Waals surface area contributed by atoms with Crippen molar-refractivity contribution in [3.05, 3.63) is 47.4 Å². The van der Waals surface area contributed by atoms with Crippen molar-refractivity contribution in [2.45, 2.75) is 32.3 Å². The molecule has 2 aromatic rings. The molecule has 88 valence electrons. The first-order valence-electron chi connectivity index (χ1n) is 6.08. The van der Waals surface area contributed by atoms with Crippen LogP contribution in [0.4, 0.5) is 0 Å². The molecule has 0 aliphatic heterocycles. The summed E-state index contributed by atoms with van der Waals surface area (Å²) in [7, 11) is 0. The Bertz CT molecular complexity index is 531. The van der Waals surface area contributed by atoms with Crippen LogP contribution in [-0.2, 0) is 6.42 Å². The number of aliphatic hydroxyl groups excluding tert-OH is 1. The van der Waals surface area contributed by atoms with Crippen LogP contribution < -0.4 is 0 Å². The van der Waals surface area contributed by atoms with E-state index in [2.05, 4.69) is 22.5 Å². The molecule has 0 bridgehead atoms. The van der Waals surface area contributed by atoms with Gasteiger partial charge < -0.3 is 9.67 Å². The number of aryl methyl sites for hydroxylation is 1. The third-order valence-corrected chi connectivity index (χ3v) is 3.45. The van der Waals surface area contributed by atoms with Gasteiger partial charge in [0.2, 0.25) is 0 Å². The minimum Gasteiger partial charge on any atom is -0.388 e. The zero-order valence-electron chi connectivity index (χ0n) is 9.93. The standard InChI is InChI=1S/C14H16N2O/c1-10-9-11-12(5-4-6-13(11)17)16(10)14-7-2-3-8-15-14/h2-3,7-9,13,17H,4-6H2,1H3. The van der Waals surface area contributed by atoms with Crippen molar-refractivity contribution in [3.63, 3.8) is 0 Å². The lowest BCUT2D eigenvalue weighted by Gasteiger charge is -2.20. The summed E-state index contributed by atoms with van der Waals surface area (Å²) in [6, 6.07) is 8.01. The van der Waals surface area contributed by atoms with Gasteiger partial charge in [0.25, 0.3) is 0 Å². The van der Waals surface area contributed by atoms with Crippen LogP contribution in [-0.4, -0.2) is 14.7 Å². The average molecular weight is 228 g/mol. The van der Waals surface area contributed by atoms with Crippen molar-refractivity contribution in [2.24, 2.45) is 0 Å². The van der Waals surface area contributed by atoms with Crippen LogP contribution in [0.5, 0.6) is 0 Å². The third kappa shape index (κ3) is 1.67. The van der Waals surface area contributed by atoms with Gasteiger partial charge >= 0.3 is 0 Å². The zero-order chi connectivity index (χ0) is 11.8. The molecule has 1 atom stereocenters. The number of hydrogen-bond donors (Lipinski definition) is 1. The number of rotatable bonds is 1. The maximum atomic E-state index is 10.0. The van der Waals surface area contributed by atoms with E-state index in [0.717, 1.165) is 36.3 Å². The topological polar surface area (TPSA) is 38.0 Å². The second kappa shape index (κ2) is 4.00. The van der Waals surface area contributed by atoms with E-state index in [0.29, 0.717) is 0 Å². The molecular weight excluding hydrogens is 212 g/mol. The molecule has 0 saturated carbocycles. The molecule has 0 amide bonds. The van der Waals surface area contributed by atoms with Crippen molar-refractivity contribution >= 4 is 0 Å². The fraction of sp³-hybridized carbons (Fsp3) is 0.357. The Morgan fingerprint density at radius 2 is 2.29 bits per heavy atom. The van der Waals surface area contributed by atoms with Gasteiger partial charge in [0.15, 0.2) is 0 Å². The van der Waals surface area contributed by atoms with Gasteiger partial charge in [-0.05, 0) is 44.4 Å². The van der Waals surface area contributed by atoms with E-state index in [4.69, 9.17) is 0 Å². The van der Waals surface area contributed by atoms with E-state index in [1.165, 1.54) is 5.69 Å². The molecule has 3 heteroatoms. The molecule has 17 heavy (non-hydrogen) atoms. The van der Waals surface area contributed by atoms with Crippen LogP contribution in [0.15, 0.2) is 30.5 Å². The summed E-state index contributed by atoms with van der Waals surface area (Å²) in [4.78, 5) is 4.40. The normalized spacial score (nSPS) is 19.1. The SMILES string of the molecule is Cc1cc2c(n1-c1ccccn1)CCCC2O. The summed E-state index contributed by atoms with van der Waals surface area (Å²) >= 11 is 0. The predicted molar refractivity (Wildman–Crippen MR) is 66.2 cm³/mol. The Labute approximate surface area is 101 Å². The molecule has 1 aliphatic rings. The van der Waals surface area contributed by atoms with Gasteiger partial charge in [-0.25, -0.2) is 4.98 Å². The van der Waals surface area contributed by atoms with Crippen molar-refractivity contribution in [2.75, 3.05) is 0 Å². The maximum Gasteiger partial charge on any atom is 0.136 e. The Morgan fingerprint density at radius 1 is 1.41 bits per heavy atom. The van der Waals surface area contributed by atoms with Crippen LogP contribution in [0, 0.1) is 6.92 Å². The highest BCUT2D eigenvalue weighted by Gasteiger charge is 2.23. The first kappa shape index (κ1) is 10.5. The van der Waals surface area contributed by atoms with Gasteiger partial charge in [0, 0.05) is 23.1 Å². The predicted octanol–water partition coefficient (Wildman–Crippen LogP) is 2.55. The van der Waals surface area contributed by atoms with E-state index >= 15 is 0 Å². The van der Waals surface area contributed by atoms with Crippen molar-refractivity contribution < 1.29 is 5.11 Å². The first-order chi connectivity index (χ1) is 8.27. The van der Waals surface area contributed by atoms with Gasteiger partial charge in [-0.15, -0.1) is 0 Å². The molecule has 2 heterocycles. The Balaban J connectivity index is 2.18. The minimum absolute atomic E-state index is 0.303. The molecule has 1 unspecified atom stereocenters. The number of pyridine rings is 1. The zero-order valence-corrected chi connectivity index (χ0v) is 9.93. The third-order valence-electron chi connectivity index (χ3n) is 3.45. The Morgan fingerprint density at radius 3 is 3.06 bits per heavy atom. The molecule has 0 saturated heterocycles. The van der Waals surface area contributed by atoms with Crippen LogP contribution in [0.3, 0.4) is 0 Å². The number of aliphatic hydroxyl groups is 1. The Hall–Kier alpha value is -1.61. The van der Waals surface area contributed by atoms with Crippen LogP contribution in [0.25, 0.3) is 5.82 Å². The quantitative estimate of drug-likeness (QED) is 0.814. The van der Waals surface area contributed by atoms with E-state index < -0.39 is 0 Å². The number of nitrogens with zero attached hydrogens (tertiary/aromatic N) is 2. The van der Waals surface area contributed by atoms with E-state index in [-0.39, 0.29) is 6.10 Å². The lowest BCUT2D eigenvalue weighted by Crippen LogP contribution is -2.12. The molecule has 1 aliphatic carbocycles. The van der Waals surface area contributed by atoms with E-state index in [1.54, 1.807) is 6.20 Å². The second-order valence-corrected chi connectivity index (χ2v) is 4.62. The van der Waals surface area contributed by atoms with Crippen molar-refractivity contribution in [3.8, 4) is 5.82 Å². The number of hydrogen-bond acceptors (Lipinski definition) is 2. The highest BCUT2D eigenvalue weighted by atomic mass is 16.3. The molecule has 0 fully saturated rings. The van der Waals surface area contributed by atoms with E-state index in [9.17, 15) is 5.11 Å². The Kier molecular flexibility index (Phi) is 2.48. The highest BCUT2D eigenvalue weighted by molar-refractivity contribution is 5.39. The van der Waals surface area contributed by atoms with Crippen molar-refractivity contribution in [1.29, 1.82) is 0 Å². The van der Waals surface area contributed by atoms with Gasteiger partial charge in [-0.2, -0.15) is 0 Å². The lowest BCUT2D eigenvalue weighted by atomic mass is 9.95. The summed E-state index contributed by atoms with van der Waals surface area (Å²) in [5, 5.41) is 10.0. The number of aromatic nitrogens is 2. The molecule has 0 aromatic carbocycles. The molecular formula is C14H16N2O. The van der Waals surface area contributed by atoms with Crippen molar-refractivity contribution in [1.82, 2.24) is 9.55 Å². The largest absolute Gasteiger partial charge is 0.388 e. The maximum absolute atomic E-state index is 10.0. The molecule has 1 N–H and O–H groups in total. The first-order valence-corrected chi connectivity index (χ1v) is 6.08.